The smallest absolute Gasteiger partial charge is 0.407 e. The van der Waals surface area contributed by atoms with Gasteiger partial charge < -0.3 is 29.1 Å². The molecule has 3 fully saturated rings. The van der Waals surface area contributed by atoms with Crippen LogP contribution in [0.25, 0.3) is 22.4 Å². The van der Waals surface area contributed by atoms with Gasteiger partial charge in [0.2, 0.25) is 0 Å². The largest absolute Gasteiger partial charge is 0.467 e. The fraction of sp³-hybridized carbons (Fsp3) is 0.533. The van der Waals surface area contributed by atoms with Crippen molar-refractivity contribution >= 4 is 11.9 Å². The van der Waals surface area contributed by atoms with Crippen LogP contribution in [0.1, 0.15) is 57.6 Å². The molecule has 3 saturated heterocycles. The number of aromatic nitrogens is 4. The molecule has 3 aliphatic rings. The van der Waals surface area contributed by atoms with Crippen LogP contribution in [0.15, 0.2) is 42.7 Å². The van der Waals surface area contributed by atoms with Crippen molar-refractivity contribution in [2.75, 3.05) is 32.5 Å². The van der Waals surface area contributed by atoms with Crippen LogP contribution in [0.4, 0.5) is 10.6 Å². The molecule has 5 heterocycles. The first-order valence-corrected chi connectivity index (χ1v) is 14.5. The molecule has 4 atom stereocenters. The first kappa shape index (κ1) is 27.5. The third-order valence-corrected chi connectivity index (χ3v) is 8.71. The Kier molecular flexibility index (Phi) is 8.06. The number of nitrogens with zero attached hydrogens (tertiary/aromatic N) is 6. The van der Waals surface area contributed by atoms with Gasteiger partial charge in [0.25, 0.3) is 0 Å². The summed E-state index contributed by atoms with van der Waals surface area (Å²) in [5, 5.41) is 23.4. The number of carboxylic acid groups (broad SMARTS) is 1. The summed E-state index contributed by atoms with van der Waals surface area (Å²) in [7, 11) is 3.62. The molecule has 1 amide bonds. The summed E-state index contributed by atoms with van der Waals surface area (Å²) < 4.78 is 18.9. The number of anilines is 1. The maximum Gasteiger partial charge on any atom is 0.407 e. The van der Waals surface area contributed by atoms with E-state index in [0.29, 0.717) is 11.4 Å². The van der Waals surface area contributed by atoms with Gasteiger partial charge in [-0.25, -0.2) is 9.48 Å². The predicted octanol–water partition coefficient (Wildman–Crippen LogP) is 5.19. The van der Waals surface area contributed by atoms with Crippen molar-refractivity contribution in [3.8, 4) is 28.1 Å². The highest BCUT2D eigenvalue weighted by molar-refractivity contribution is 5.74. The molecule has 2 aromatic heterocycles. The Hall–Kier alpha value is -3.70. The number of benzene rings is 1. The molecule has 0 aliphatic carbocycles. The highest BCUT2D eigenvalue weighted by Gasteiger charge is 2.42. The number of hydrogen-bond acceptors (Lipinski definition) is 8. The highest BCUT2D eigenvalue weighted by Crippen LogP contribution is 2.38. The van der Waals surface area contributed by atoms with Crippen LogP contribution < -0.4 is 9.64 Å². The summed E-state index contributed by atoms with van der Waals surface area (Å²) in [6.45, 7) is 0.876. The van der Waals surface area contributed by atoms with Crippen molar-refractivity contribution < 1.29 is 24.1 Å². The number of fused-ring (bicyclic) bond motifs is 2. The van der Waals surface area contributed by atoms with Gasteiger partial charge in [-0.15, -0.1) is 10.2 Å². The molecular formula is C30H38N6O5. The molecule has 2 unspecified atom stereocenters. The monoisotopic (exact) mass is 562 g/mol. The van der Waals surface area contributed by atoms with Gasteiger partial charge in [-0.3, -0.25) is 0 Å². The molecule has 6 rings (SSSR count). The van der Waals surface area contributed by atoms with Crippen LogP contribution in [-0.2, 0) is 9.47 Å². The van der Waals surface area contributed by atoms with Crippen molar-refractivity contribution in [3.05, 3.63) is 42.7 Å². The zero-order valence-electron chi connectivity index (χ0n) is 23.7. The van der Waals surface area contributed by atoms with Gasteiger partial charge in [-0.2, -0.15) is 5.10 Å². The maximum absolute atomic E-state index is 11.8. The molecular weight excluding hydrogens is 524 g/mol. The molecule has 1 N–H and O–H groups in total. The average Bonchev–Trinajstić information content (AvgIpc) is 3.50. The molecule has 218 valence electrons. The molecule has 0 spiro atoms. The number of ether oxygens (including phenoxy) is 3. The van der Waals surface area contributed by atoms with E-state index in [0.717, 1.165) is 80.5 Å². The molecule has 11 nitrogen and oxygen atoms in total. The lowest BCUT2D eigenvalue weighted by molar-refractivity contribution is -0.0394. The highest BCUT2D eigenvalue weighted by atomic mass is 16.7. The van der Waals surface area contributed by atoms with Gasteiger partial charge in [0.05, 0.1) is 11.9 Å². The van der Waals surface area contributed by atoms with E-state index in [9.17, 15) is 9.90 Å². The van der Waals surface area contributed by atoms with Gasteiger partial charge in [0.15, 0.2) is 12.6 Å². The Bertz CT molecular complexity index is 1330. The number of rotatable bonds is 8. The number of amides is 1. The van der Waals surface area contributed by atoms with Crippen LogP contribution in [0, 0.1) is 0 Å². The Balaban J connectivity index is 1.20. The predicted molar refractivity (Wildman–Crippen MR) is 153 cm³/mol. The minimum Gasteiger partial charge on any atom is -0.467 e. The summed E-state index contributed by atoms with van der Waals surface area (Å²) in [6, 6.07) is 10.3. The third kappa shape index (κ3) is 5.73. The van der Waals surface area contributed by atoms with E-state index >= 15 is 0 Å². The summed E-state index contributed by atoms with van der Waals surface area (Å²) in [5.41, 5.74) is 3.47. The average molecular weight is 563 g/mol. The quantitative estimate of drug-likeness (QED) is 0.370. The van der Waals surface area contributed by atoms with E-state index in [1.165, 1.54) is 0 Å². The van der Waals surface area contributed by atoms with E-state index in [4.69, 9.17) is 14.2 Å². The van der Waals surface area contributed by atoms with E-state index < -0.39 is 6.09 Å². The van der Waals surface area contributed by atoms with E-state index in [-0.39, 0.29) is 31.1 Å². The SMILES string of the molecule is COCOc1cc(-c2cnn(C3CCCCO3)c2)ccc1-c1ccc(N(C)C2C[C@H]3CCC[C@@H](C2)N3C(=O)O)nn1. The van der Waals surface area contributed by atoms with Crippen molar-refractivity contribution in [3.63, 3.8) is 0 Å². The second-order valence-corrected chi connectivity index (χ2v) is 11.2. The van der Waals surface area contributed by atoms with Crippen molar-refractivity contribution in [1.29, 1.82) is 0 Å². The summed E-state index contributed by atoms with van der Waals surface area (Å²) in [4.78, 5) is 15.6. The zero-order valence-corrected chi connectivity index (χ0v) is 23.7. The van der Waals surface area contributed by atoms with Crippen LogP contribution >= 0.6 is 0 Å². The molecule has 0 saturated carbocycles. The van der Waals surface area contributed by atoms with Gasteiger partial charge >= 0.3 is 6.09 Å². The van der Waals surface area contributed by atoms with Gasteiger partial charge in [-0.05, 0) is 81.2 Å². The van der Waals surface area contributed by atoms with E-state index in [2.05, 4.69) is 20.2 Å². The van der Waals surface area contributed by atoms with Crippen LogP contribution in [-0.4, -0.2) is 81.8 Å². The first-order chi connectivity index (χ1) is 20.0. The number of methoxy groups -OCH3 is 1. The maximum atomic E-state index is 11.8. The fourth-order valence-electron chi connectivity index (χ4n) is 6.56. The lowest BCUT2D eigenvalue weighted by Crippen LogP contribution is -2.58. The summed E-state index contributed by atoms with van der Waals surface area (Å²) >= 11 is 0. The van der Waals surface area contributed by atoms with Crippen molar-refractivity contribution in [2.45, 2.75) is 75.7 Å². The molecule has 1 aromatic carbocycles. The molecule has 2 bridgehead atoms. The van der Waals surface area contributed by atoms with Crippen LogP contribution in [0.5, 0.6) is 5.75 Å². The van der Waals surface area contributed by atoms with Gasteiger partial charge in [0.1, 0.15) is 12.0 Å². The number of carbonyl (C=O) groups is 1. The molecule has 0 radical (unpaired) electrons. The molecule has 3 aromatic rings. The Labute approximate surface area is 240 Å². The first-order valence-electron chi connectivity index (χ1n) is 14.5. The fourth-order valence-corrected chi connectivity index (χ4v) is 6.56. The zero-order chi connectivity index (χ0) is 28.3. The second kappa shape index (κ2) is 12.0. The summed E-state index contributed by atoms with van der Waals surface area (Å²) in [5.74, 6) is 1.42. The molecule has 11 heteroatoms. The van der Waals surface area contributed by atoms with Gasteiger partial charge in [-0.1, -0.05) is 6.07 Å². The standard InChI is InChI=1S/C30H38N6O5/c1-34(24-15-22-6-5-7-23(16-24)36(22)30(37)38)28-12-11-26(32-33-28)25-10-9-20(14-27(25)41-19-39-2)21-17-31-35(18-21)29-8-3-4-13-40-29/h9-12,14,17-18,22-24,29H,3-8,13,15-16,19H2,1-2H3,(H,37,38)/t22-,23+,24?,29?. The minimum absolute atomic E-state index is 0.0165. The van der Waals surface area contributed by atoms with Crippen LogP contribution in [0.2, 0.25) is 0 Å². The minimum atomic E-state index is -0.797. The van der Waals surface area contributed by atoms with E-state index in [1.807, 2.05) is 54.5 Å². The van der Waals surface area contributed by atoms with Gasteiger partial charge in [0, 0.05) is 56.2 Å². The van der Waals surface area contributed by atoms with Crippen molar-refractivity contribution in [1.82, 2.24) is 24.9 Å². The number of hydrogen-bond donors (Lipinski definition) is 1. The lowest BCUT2D eigenvalue weighted by Gasteiger charge is -2.49. The molecule has 3 aliphatic heterocycles. The Morgan fingerprint density at radius 3 is 2.59 bits per heavy atom. The van der Waals surface area contributed by atoms with Crippen molar-refractivity contribution in [2.24, 2.45) is 0 Å². The Morgan fingerprint density at radius 1 is 1.07 bits per heavy atom. The van der Waals surface area contributed by atoms with Crippen LogP contribution in [0.3, 0.4) is 0 Å². The lowest BCUT2D eigenvalue weighted by atomic mass is 9.81. The second-order valence-electron chi connectivity index (χ2n) is 11.2. The van der Waals surface area contributed by atoms with E-state index in [1.54, 1.807) is 12.0 Å². The summed E-state index contributed by atoms with van der Waals surface area (Å²) in [6.07, 6.45) is 10.8. The topological polar surface area (TPSA) is 115 Å². The normalized spacial score (nSPS) is 24.2. The Morgan fingerprint density at radius 2 is 1.90 bits per heavy atom. The third-order valence-electron chi connectivity index (χ3n) is 8.71. The molecule has 41 heavy (non-hydrogen) atoms. The number of piperidine rings is 2.